The Hall–Kier alpha value is -1.19. The Morgan fingerprint density at radius 1 is 1.00 bits per heavy atom. The summed E-state index contributed by atoms with van der Waals surface area (Å²) in [5.74, 6) is 0.241. The molecule has 4 aliphatic rings. The smallest absolute Gasteiger partial charge is 0.305 e. The highest BCUT2D eigenvalue weighted by molar-refractivity contribution is 8.14. The van der Waals surface area contributed by atoms with Gasteiger partial charge in [-0.15, -0.1) is 0 Å². The molecule has 0 amide bonds. The fraction of sp³-hybridized carbons (Fsp3) is 0.833. The van der Waals surface area contributed by atoms with E-state index in [4.69, 9.17) is 23.7 Å². The van der Waals surface area contributed by atoms with Gasteiger partial charge in [0.05, 0.1) is 19.3 Å². The van der Waals surface area contributed by atoms with Crippen molar-refractivity contribution in [3.8, 4) is 0 Å². The van der Waals surface area contributed by atoms with Crippen LogP contribution in [0, 0.1) is 17.3 Å². The molecule has 2 heterocycles. The summed E-state index contributed by atoms with van der Waals surface area (Å²) in [4.78, 5) is 23.9. The van der Waals surface area contributed by atoms with Gasteiger partial charge in [-0.05, 0) is 89.4 Å². The van der Waals surface area contributed by atoms with Gasteiger partial charge >= 0.3 is 5.97 Å². The maximum absolute atomic E-state index is 12.4. The molecular formula is C36H58O7S. The van der Waals surface area contributed by atoms with Gasteiger partial charge < -0.3 is 23.7 Å². The first-order valence-corrected chi connectivity index (χ1v) is 18.4. The normalized spacial score (nSPS) is 31.2. The second kappa shape index (κ2) is 18.8. The second-order valence-corrected chi connectivity index (χ2v) is 14.7. The number of hydrogen-bond acceptors (Lipinski definition) is 8. The summed E-state index contributed by atoms with van der Waals surface area (Å²) < 4.78 is 30.5. The molecule has 0 aromatic heterocycles. The third-order valence-corrected chi connectivity index (χ3v) is 11.3. The van der Waals surface area contributed by atoms with Crippen LogP contribution < -0.4 is 0 Å². The molecule has 0 aromatic carbocycles. The Balaban J connectivity index is 1.55. The van der Waals surface area contributed by atoms with E-state index in [1.807, 2.05) is 0 Å². The molecule has 2 saturated carbocycles. The van der Waals surface area contributed by atoms with E-state index in [1.165, 1.54) is 57.4 Å². The van der Waals surface area contributed by atoms with Crippen molar-refractivity contribution in [2.24, 2.45) is 17.3 Å². The van der Waals surface area contributed by atoms with Crippen LogP contribution in [-0.2, 0) is 33.3 Å². The van der Waals surface area contributed by atoms with Crippen molar-refractivity contribution in [3.05, 3.63) is 24.3 Å². The first-order chi connectivity index (χ1) is 21.4. The molecule has 7 atom stereocenters. The van der Waals surface area contributed by atoms with Crippen LogP contribution in [0.2, 0.25) is 0 Å². The van der Waals surface area contributed by atoms with Gasteiger partial charge in [0.15, 0.2) is 17.7 Å². The summed E-state index contributed by atoms with van der Waals surface area (Å²) in [6.45, 7) is 5.48. The number of esters is 1. The summed E-state index contributed by atoms with van der Waals surface area (Å²) in [6.07, 6.45) is 26.2. The van der Waals surface area contributed by atoms with Crippen LogP contribution in [-0.4, -0.2) is 61.4 Å². The molecule has 0 radical (unpaired) electrons. The molecule has 2 aliphatic heterocycles. The number of ether oxygens (including phenoxy) is 5. The lowest BCUT2D eigenvalue weighted by atomic mass is 9.62. The van der Waals surface area contributed by atoms with Crippen LogP contribution in [0.3, 0.4) is 0 Å². The summed E-state index contributed by atoms with van der Waals surface area (Å²) in [7, 11) is 1.43. The largest absolute Gasteiger partial charge is 0.469 e. The Morgan fingerprint density at radius 2 is 1.75 bits per heavy atom. The van der Waals surface area contributed by atoms with Gasteiger partial charge in [-0.25, -0.2) is 0 Å². The number of hydrogen-bond donors (Lipinski definition) is 0. The lowest BCUT2D eigenvalue weighted by Gasteiger charge is -2.48. The molecule has 7 nitrogen and oxygen atoms in total. The number of thioether (sulfide) groups is 1. The van der Waals surface area contributed by atoms with Crippen LogP contribution in [0.5, 0.6) is 0 Å². The summed E-state index contributed by atoms with van der Waals surface area (Å²) in [5, 5.41) is 0.331. The predicted octanol–water partition coefficient (Wildman–Crippen LogP) is 8.30. The van der Waals surface area contributed by atoms with Crippen LogP contribution in [0.15, 0.2) is 24.3 Å². The number of carbonyl (C=O) groups is 2. The van der Waals surface area contributed by atoms with Gasteiger partial charge in [-0.1, -0.05) is 62.3 Å². The standard InChI is InChI=1S/C36H58O7S/c1-4-5-21-36(22-14-23-36)32(43-35-18-11-13-25-41-35)20-19-28-29(15-8-6-7-9-16-33(38)39-3)31(44-27(2)37)26-30(28)42-34-17-10-12-24-40-34/h6,8,19-20,28-32,34-35H,4-5,7,9-18,21-26H2,1-3H3/b8-6-,20-19+/t28-,29-,30-,31+,32-,34?,35?/m1/s1. The average molecular weight is 635 g/mol. The van der Waals surface area contributed by atoms with E-state index in [-0.39, 0.29) is 58.4 Å². The number of methoxy groups -OCH3 is 1. The molecule has 44 heavy (non-hydrogen) atoms. The van der Waals surface area contributed by atoms with Gasteiger partial charge in [0, 0.05) is 43.1 Å². The van der Waals surface area contributed by atoms with E-state index in [9.17, 15) is 9.59 Å². The zero-order valence-electron chi connectivity index (χ0n) is 27.6. The zero-order chi connectivity index (χ0) is 31.2. The van der Waals surface area contributed by atoms with Crippen molar-refractivity contribution >= 4 is 22.8 Å². The molecular weight excluding hydrogens is 576 g/mol. The third-order valence-electron chi connectivity index (χ3n) is 10.1. The molecule has 2 saturated heterocycles. The highest BCUT2D eigenvalue weighted by atomic mass is 32.2. The third kappa shape index (κ3) is 10.7. The van der Waals surface area contributed by atoms with Gasteiger partial charge in [-0.3, -0.25) is 9.59 Å². The summed E-state index contributed by atoms with van der Waals surface area (Å²) >= 11 is 1.47. The average Bonchev–Trinajstić information content (AvgIpc) is 3.31. The van der Waals surface area contributed by atoms with Crippen molar-refractivity contribution in [1.29, 1.82) is 0 Å². The highest BCUT2D eigenvalue weighted by Crippen LogP contribution is 2.51. The van der Waals surface area contributed by atoms with Crippen molar-refractivity contribution < 1.29 is 33.3 Å². The number of rotatable bonds is 17. The van der Waals surface area contributed by atoms with Gasteiger partial charge in [0.25, 0.3) is 0 Å². The molecule has 0 N–H and O–H groups in total. The Labute approximate surface area is 270 Å². The molecule has 4 rings (SSSR count). The molecule has 8 heteroatoms. The number of allylic oxidation sites excluding steroid dienone is 2. The van der Waals surface area contributed by atoms with E-state index in [0.29, 0.717) is 6.42 Å². The topological polar surface area (TPSA) is 80.3 Å². The molecule has 0 bridgehead atoms. The van der Waals surface area contributed by atoms with Crippen LogP contribution in [0.1, 0.15) is 123 Å². The minimum Gasteiger partial charge on any atom is -0.469 e. The molecule has 4 fully saturated rings. The van der Waals surface area contributed by atoms with E-state index in [1.54, 1.807) is 6.92 Å². The maximum atomic E-state index is 12.4. The molecule has 250 valence electrons. The number of carbonyl (C=O) groups excluding carboxylic acids is 2. The van der Waals surface area contributed by atoms with Crippen molar-refractivity contribution in [3.63, 3.8) is 0 Å². The molecule has 2 unspecified atom stereocenters. The van der Waals surface area contributed by atoms with Crippen molar-refractivity contribution in [1.82, 2.24) is 0 Å². The fourth-order valence-electron chi connectivity index (χ4n) is 7.45. The minimum atomic E-state index is -0.176. The van der Waals surface area contributed by atoms with Gasteiger partial charge in [-0.2, -0.15) is 0 Å². The fourth-order valence-corrected chi connectivity index (χ4v) is 8.63. The lowest BCUT2D eigenvalue weighted by Crippen LogP contribution is -2.44. The molecule has 2 aliphatic carbocycles. The SMILES string of the molecule is CCCCC1([C@@H](/C=C/[C@@H]2[C@@H](C/C=C\CCCC(=O)OC)[C@@H](SC(C)=O)C[C@H]2OC2CCCCO2)OC2CCCCO2)CCC1. The van der Waals surface area contributed by atoms with Crippen molar-refractivity contribution in [2.45, 2.75) is 153 Å². The first-order valence-electron chi connectivity index (χ1n) is 17.6. The lowest BCUT2D eigenvalue weighted by molar-refractivity contribution is -0.211. The van der Waals surface area contributed by atoms with Gasteiger partial charge in [0.2, 0.25) is 0 Å². The summed E-state index contributed by atoms with van der Waals surface area (Å²) in [5.41, 5.74) is 0.178. The molecule has 0 aromatic rings. The Kier molecular flexibility index (Phi) is 15.3. The van der Waals surface area contributed by atoms with Crippen LogP contribution in [0.25, 0.3) is 0 Å². The maximum Gasteiger partial charge on any atom is 0.305 e. The monoisotopic (exact) mass is 634 g/mol. The van der Waals surface area contributed by atoms with E-state index in [2.05, 4.69) is 31.2 Å². The predicted molar refractivity (Wildman–Crippen MR) is 175 cm³/mol. The molecule has 0 spiro atoms. The van der Waals surface area contributed by atoms with Crippen molar-refractivity contribution in [2.75, 3.05) is 20.3 Å². The quantitative estimate of drug-likeness (QED) is 0.0898. The first kappa shape index (κ1) is 35.7. The highest BCUT2D eigenvalue weighted by Gasteiger charge is 2.47. The van der Waals surface area contributed by atoms with Crippen LogP contribution >= 0.6 is 11.8 Å². The minimum absolute atomic E-state index is 0.0107. The second-order valence-electron chi connectivity index (χ2n) is 13.3. The number of unbranched alkanes of at least 4 members (excludes halogenated alkanes) is 2. The van der Waals surface area contributed by atoms with E-state index < -0.39 is 0 Å². The van der Waals surface area contributed by atoms with Crippen LogP contribution in [0.4, 0.5) is 0 Å². The Morgan fingerprint density at radius 3 is 2.36 bits per heavy atom. The van der Waals surface area contributed by atoms with E-state index >= 15 is 0 Å². The zero-order valence-corrected chi connectivity index (χ0v) is 28.4. The summed E-state index contributed by atoms with van der Waals surface area (Å²) in [6, 6.07) is 0. The van der Waals surface area contributed by atoms with E-state index in [0.717, 1.165) is 77.4 Å². The van der Waals surface area contributed by atoms with Gasteiger partial charge in [0.1, 0.15) is 0 Å². The Bertz CT molecular complexity index is 919.